The van der Waals surface area contributed by atoms with Crippen LogP contribution >= 0.6 is 0 Å². The highest BCUT2D eigenvalue weighted by molar-refractivity contribution is 5.73. The molecule has 0 saturated heterocycles. The smallest absolute Gasteiger partial charge is 0.310 e. The predicted molar refractivity (Wildman–Crippen MR) is 62.4 cm³/mol. The molecule has 0 aliphatic carbocycles. The number of aliphatic hydroxyl groups is 1. The van der Waals surface area contributed by atoms with Crippen molar-refractivity contribution in [2.24, 2.45) is 0 Å². The fourth-order valence-electron chi connectivity index (χ4n) is 1.74. The first-order chi connectivity index (χ1) is 9.04. The maximum Gasteiger partial charge on any atom is 0.310 e. The number of carbonyl (C=O) groups is 1. The van der Waals surface area contributed by atoms with Gasteiger partial charge in [-0.25, -0.2) is 8.78 Å². The molecule has 0 unspecified atom stereocenters. The number of ether oxygens (including phenoxy) is 1. The number of carbonyl (C=O) groups excluding carboxylic acids is 1. The number of aliphatic hydroxyl groups excluding tert-OH is 1. The fraction of sp³-hybridized carbons (Fsp3) is 0.385. The molecule has 1 rings (SSSR count). The minimum Gasteiger partial charge on any atom is -0.466 e. The molecule has 0 atom stereocenters. The second-order valence-corrected chi connectivity index (χ2v) is 3.72. The van der Waals surface area contributed by atoms with Gasteiger partial charge in [-0.1, -0.05) is 12.1 Å². The van der Waals surface area contributed by atoms with E-state index in [1.54, 1.807) is 13.0 Å². The molecule has 1 N–H and O–H groups in total. The van der Waals surface area contributed by atoms with E-state index in [9.17, 15) is 18.7 Å². The van der Waals surface area contributed by atoms with Gasteiger partial charge in [0.2, 0.25) is 0 Å². The molecule has 1 aromatic rings. The van der Waals surface area contributed by atoms with E-state index < -0.39 is 24.6 Å². The first kappa shape index (κ1) is 15.1. The van der Waals surface area contributed by atoms with Crippen molar-refractivity contribution in [3.63, 3.8) is 0 Å². The Labute approximate surface area is 109 Å². The lowest BCUT2D eigenvalue weighted by Gasteiger charge is -2.12. The molecule has 0 aliphatic rings. The summed E-state index contributed by atoms with van der Waals surface area (Å²) in [6.45, 7) is 1.26. The Morgan fingerprint density at radius 3 is 2.68 bits per heavy atom. The van der Waals surface area contributed by atoms with Crippen LogP contribution in [0.5, 0.6) is 0 Å². The minimum atomic E-state index is -2.81. The standard InChI is InChI=1S/C13H13F2NO3/c1-2-19-12(18)5-8-3-4-9(13(14)15)10(6-16)11(8)7-17/h3-4,13,17H,2,5,7H2,1H3. The third kappa shape index (κ3) is 3.48. The van der Waals surface area contributed by atoms with E-state index >= 15 is 0 Å². The lowest BCUT2D eigenvalue weighted by molar-refractivity contribution is -0.142. The first-order valence-corrected chi connectivity index (χ1v) is 5.64. The summed E-state index contributed by atoms with van der Waals surface area (Å²) >= 11 is 0. The summed E-state index contributed by atoms with van der Waals surface area (Å²) in [6.07, 6.45) is -2.97. The zero-order chi connectivity index (χ0) is 14.4. The topological polar surface area (TPSA) is 70.3 Å². The molecule has 0 aliphatic heterocycles. The first-order valence-electron chi connectivity index (χ1n) is 5.64. The van der Waals surface area contributed by atoms with Crippen molar-refractivity contribution >= 4 is 5.97 Å². The van der Waals surface area contributed by atoms with E-state index in [0.29, 0.717) is 5.56 Å². The molecular formula is C13H13F2NO3. The summed E-state index contributed by atoms with van der Waals surface area (Å²) in [4.78, 5) is 11.4. The molecule has 0 fully saturated rings. The maximum absolute atomic E-state index is 12.7. The Hall–Kier alpha value is -2.00. The van der Waals surface area contributed by atoms with Crippen LogP contribution in [0.3, 0.4) is 0 Å². The van der Waals surface area contributed by atoms with Crippen LogP contribution in [0.1, 0.15) is 35.6 Å². The summed E-state index contributed by atoms with van der Waals surface area (Å²) in [5, 5.41) is 18.2. The number of esters is 1. The Kier molecular flexibility index (Phi) is 5.39. The van der Waals surface area contributed by atoms with Crippen LogP contribution in [0, 0.1) is 11.3 Å². The molecule has 0 radical (unpaired) electrons. The van der Waals surface area contributed by atoms with E-state index in [1.165, 1.54) is 6.07 Å². The zero-order valence-corrected chi connectivity index (χ0v) is 10.3. The van der Waals surface area contributed by atoms with Crippen LogP contribution in [-0.2, 0) is 22.6 Å². The van der Waals surface area contributed by atoms with Gasteiger partial charge < -0.3 is 9.84 Å². The van der Waals surface area contributed by atoms with Crippen molar-refractivity contribution in [3.8, 4) is 6.07 Å². The van der Waals surface area contributed by atoms with Crippen molar-refractivity contribution in [3.05, 3.63) is 34.4 Å². The molecule has 102 valence electrons. The van der Waals surface area contributed by atoms with Crippen LogP contribution in [0.15, 0.2) is 12.1 Å². The van der Waals surface area contributed by atoms with E-state index in [2.05, 4.69) is 0 Å². The monoisotopic (exact) mass is 269 g/mol. The molecule has 19 heavy (non-hydrogen) atoms. The maximum atomic E-state index is 12.7. The lowest BCUT2D eigenvalue weighted by Crippen LogP contribution is -2.11. The Balaban J connectivity index is 3.21. The van der Waals surface area contributed by atoms with Crippen molar-refractivity contribution in [1.29, 1.82) is 5.26 Å². The molecule has 0 bridgehead atoms. The van der Waals surface area contributed by atoms with E-state index in [4.69, 9.17) is 10.00 Å². The average Bonchev–Trinajstić information content (AvgIpc) is 2.37. The summed E-state index contributed by atoms with van der Waals surface area (Å²) in [5.74, 6) is -0.536. The summed E-state index contributed by atoms with van der Waals surface area (Å²) in [7, 11) is 0. The zero-order valence-electron chi connectivity index (χ0n) is 10.3. The van der Waals surface area contributed by atoms with Crippen molar-refractivity contribution < 1.29 is 23.4 Å². The number of nitriles is 1. The minimum absolute atomic E-state index is 0.0494. The van der Waals surface area contributed by atoms with E-state index in [0.717, 1.165) is 6.07 Å². The third-order valence-corrected chi connectivity index (χ3v) is 2.59. The summed E-state index contributed by atoms with van der Waals surface area (Å²) in [6, 6.07) is 4.05. The molecule has 0 saturated carbocycles. The molecule has 0 spiro atoms. The Bertz CT molecular complexity index is 509. The van der Waals surface area contributed by atoms with Gasteiger partial charge in [0.25, 0.3) is 6.43 Å². The summed E-state index contributed by atoms with van der Waals surface area (Å²) in [5.41, 5.74) is -0.353. The Morgan fingerprint density at radius 1 is 1.53 bits per heavy atom. The van der Waals surface area contributed by atoms with Gasteiger partial charge in [-0.3, -0.25) is 4.79 Å². The average molecular weight is 269 g/mol. The van der Waals surface area contributed by atoms with Crippen LogP contribution in [0.4, 0.5) is 8.78 Å². The number of hydrogen-bond acceptors (Lipinski definition) is 4. The largest absolute Gasteiger partial charge is 0.466 e. The molecule has 0 heterocycles. The van der Waals surface area contributed by atoms with Crippen LogP contribution in [-0.4, -0.2) is 17.7 Å². The van der Waals surface area contributed by atoms with Gasteiger partial charge in [-0.05, 0) is 18.1 Å². The van der Waals surface area contributed by atoms with Gasteiger partial charge in [-0.2, -0.15) is 5.26 Å². The van der Waals surface area contributed by atoms with E-state index in [-0.39, 0.29) is 24.2 Å². The van der Waals surface area contributed by atoms with Crippen LogP contribution < -0.4 is 0 Å². The van der Waals surface area contributed by atoms with Gasteiger partial charge in [0.05, 0.1) is 25.2 Å². The van der Waals surface area contributed by atoms with Crippen molar-refractivity contribution in [1.82, 2.24) is 0 Å². The Morgan fingerprint density at radius 2 is 2.21 bits per heavy atom. The molecule has 4 nitrogen and oxygen atoms in total. The second kappa shape index (κ2) is 6.81. The number of hydrogen-bond donors (Lipinski definition) is 1. The van der Waals surface area contributed by atoms with Gasteiger partial charge in [0.15, 0.2) is 0 Å². The lowest BCUT2D eigenvalue weighted by atomic mass is 9.95. The number of rotatable bonds is 5. The summed E-state index contributed by atoms with van der Waals surface area (Å²) < 4.78 is 30.2. The highest BCUT2D eigenvalue weighted by Gasteiger charge is 2.20. The van der Waals surface area contributed by atoms with Gasteiger partial charge in [-0.15, -0.1) is 0 Å². The normalized spacial score (nSPS) is 10.3. The van der Waals surface area contributed by atoms with Gasteiger partial charge in [0, 0.05) is 5.56 Å². The van der Waals surface area contributed by atoms with Crippen LogP contribution in [0.25, 0.3) is 0 Å². The molecular weight excluding hydrogens is 256 g/mol. The molecule has 0 amide bonds. The number of nitrogens with zero attached hydrogens (tertiary/aromatic N) is 1. The van der Waals surface area contributed by atoms with Crippen molar-refractivity contribution in [2.45, 2.75) is 26.4 Å². The molecule has 6 heteroatoms. The van der Waals surface area contributed by atoms with Crippen molar-refractivity contribution in [2.75, 3.05) is 6.61 Å². The SMILES string of the molecule is CCOC(=O)Cc1ccc(C(F)F)c(C#N)c1CO. The van der Waals surface area contributed by atoms with Crippen LogP contribution in [0.2, 0.25) is 0 Å². The van der Waals surface area contributed by atoms with E-state index in [1.807, 2.05) is 0 Å². The highest BCUT2D eigenvalue weighted by atomic mass is 19.3. The number of halogens is 2. The number of benzene rings is 1. The highest BCUT2D eigenvalue weighted by Crippen LogP contribution is 2.27. The fourth-order valence-corrected chi connectivity index (χ4v) is 1.74. The molecule has 1 aromatic carbocycles. The third-order valence-electron chi connectivity index (χ3n) is 2.59. The number of alkyl halides is 2. The second-order valence-electron chi connectivity index (χ2n) is 3.72. The van der Waals surface area contributed by atoms with Gasteiger partial charge >= 0.3 is 5.97 Å². The quantitative estimate of drug-likeness (QED) is 0.831. The predicted octanol–water partition coefficient (Wildman–Crippen LogP) is 2.09. The molecule has 0 aromatic heterocycles. The van der Waals surface area contributed by atoms with Gasteiger partial charge in [0.1, 0.15) is 6.07 Å².